The van der Waals surface area contributed by atoms with E-state index in [1.54, 1.807) is 4.90 Å². The van der Waals surface area contributed by atoms with Crippen LogP contribution < -0.4 is 5.32 Å². The Kier molecular flexibility index (Phi) is 6.98. The van der Waals surface area contributed by atoms with Crippen molar-refractivity contribution >= 4 is 40.1 Å². The molecule has 1 aliphatic heterocycles. The maximum atomic E-state index is 13.0. The van der Waals surface area contributed by atoms with Gasteiger partial charge in [0.05, 0.1) is 5.69 Å². The molecule has 2 aromatic rings. The van der Waals surface area contributed by atoms with Crippen molar-refractivity contribution < 1.29 is 9.59 Å². The fourth-order valence-electron chi connectivity index (χ4n) is 3.56. The van der Waals surface area contributed by atoms with E-state index in [0.29, 0.717) is 11.7 Å². The van der Waals surface area contributed by atoms with Crippen LogP contribution >= 0.6 is 11.8 Å². The van der Waals surface area contributed by atoms with E-state index in [4.69, 9.17) is 4.99 Å². The van der Waals surface area contributed by atoms with Crippen molar-refractivity contribution in [2.45, 2.75) is 52.7 Å². The molecule has 0 radical (unpaired) electrons. The predicted molar refractivity (Wildman–Crippen MR) is 126 cm³/mol. The molecular weight excluding hydrogens is 394 g/mol. The first kappa shape index (κ1) is 22.1. The Morgan fingerprint density at radius 2 is 1.80 bits per heavy atom. The Bertz CT molecular complexity index is 980. The number of nitrogens with zero attached hydrogens (tertiary/aromatic N) is 2. The van der Waals surface area contributed by atoms with E-state index in [2.05, 4.69) is 11.4 Å². The highest BCUT2D eigenvalue weighted by molar-refractivity contribution is 8.15. The van der Waals surface area contributed by atoms with Crippen LogP contribution in [0.1, 0.15) is 42.0 Å². The maximum Gasteiger partial charge on any atom is 0.242 e. The minimum absolute atomic E-state index is 0.0398. The van der Waals surface area contributed by atoms with Crippen LogP contribution in [-0.4, -0.2) is 33.7 Å². The zero-order valence-corrected chi connectivity index (χ0v) is 19.1. The highest BCUT2D eigenvalue weighted by atomic mass is 32.2. The van der Waals surface area contributed by atoms with Gasteiger partial charge in [0, 0.05) is 18.7 Å². The van der Waals surface area contributed by atoms with Crippen LogP contribution in [0.5, 0.6) is 0 Å². The van der Waals surface area contributed by atoms with E-state index in [-0.39, 0.29) is 18.2 Å². The Labute approximate surface area is 183 Å². The number of rotatable bonds is 6. The molecule has 1 heterocycles. The molecule has 0 aliphatic carbocycles. The predicted octanol–water partition coefficient (Wildman–Crippen LogP) is 5.29. The van der Waals surface area contributed by atoms with Gasteiger partial charge in [-0.2, -0.15) is 0 Å². The summed E-state index contributed by atoms with van der Waals surface area (Å²) in [4.78, 5) is 32.2. The van der Waals surface area contributed by atoms with Crippen LogP contribution in [-0.2, 0) is 9.59 Å². The molecule has 1 saturated heterocycles. The van der Waals surface area contributed by atoms with Gasteiger partial charge in [-0.1, -0.05) is 54.6 Å². The van der Waals surface area contributed by atoms with Crippen molar-refractivity contribution in [2.24, 2.45) is 4.99 Å². The van der Waals surface area contributed by atoms with Gasteiger partial charge < -0.3 is 5.32 Å². The molecule has 0 unspecified atom stereocenters. The van der Waals surface area contributed by atoms with Crippen molar-refractivity contribution in [3.8, 4) is 0 Å². The molecule has 158 valence electrons. The van der Waals surface area contributed by atoms with Gasteiger partial charge in [0.25, 0.3) is 0 Å². The molecule has 6 heteroatoms. The van der Waals surface area contributed by atoms with Gasteiger partial charge in [-0.05, 0) is 56.9 Å². The molecule has 2 aromatic carbocycles. The number of amides is 2. The Hall–Kier alpha value is -2.60. The first-order chi connectivity index (χ1) is 14.3. The van der Waals surface area contributed by atoms with Crippen molar-refractivity contribution in [3.05, 3.63) is 58.7 Å². The quantitative estimate of drug-likeness (QED) is 0.687. The van der Waals surface area contributed by atoms with Gasteiger partial charge in [0.1, 0.15) is 5.25 Å². The minimum Gasteiger partial charge on any atom is -0.326 e. The van der Waals surface area contributed by atoms with Crippen molar-refractivity contribution in [1.29, 1.82) is 0 Å². The van der Waals surface area contributed by atoms with E-state index in [0.717, 1.165) is 34.5 Å². The van der Waals surface area contributed by atoms with Crippen LogP contribution in [0.25, 0.3) is 0 Å². The second kappa shape index (κ2) is 9.47. The van der Waals surface area contributed by atoms with Gasteiger partial charge in [-0.15, -0.1) is 0 Å². The summed E-state index contributed by atoms with van der Waals surface area (Å²) in [6.07, 6.45) is 0.961. The molecule has 0 bridgehead atoms. The number of carbonyl (C=O) groups is 2. The van der Waals surface area contributed by atoms with E-state index >= 15 is 0 Å². The van der Waals surface area contributed by atoms with Crippen molar-refractivity contribution in [3.63, 3.8) is 0 Å². The standard InChI is InChI=1S/C24H29N3O2S/c1-6-12-27-23(29)20(14-21(28)26-22-16(3)8-7-9-17(22)4)30-24(27)25-19-11-10-15(2)13-18(19)5/h7-11,13,20H,6,12,14H2,1-5H3,(H,26,28)/t20-/m0/s1. The molecule has 5 nitrogen and oxygen atoms in total. The molecule has 3 rings (SSSR count). The van der Waals surface area contributed by atoms with Crippen molar-refractivity contribution in [2.75, 3.05) is 11.9 Å². The number of thioether (sulfide) groups is 1. The summed E-state index contributed by atoms with van der Waals surface area (Å²) < 4.78 is 0. The Morgan fingerprint density at radius 1 is 1.10 bits per heavy atom. The molecule has 30 heavy (non-hydrogen) atoms. The maximum absolute atomic E-state index is 13.0. The first-order valence-corrected chi connectivity index (χ1v) is 11.2. The number of aliphatic imine (C=N–C) groups is 1. The number of para-hydroxylation sites is 1. The second-order valence-corrected chi connectivity index (χ2v) is 8.97. The monoisotopic (exact) mass is 423 g/mol. The molecule has 0 spiro atoms. The number of hydrogen-bond acceptors (Lipinski definition) is 4. The second-order valence-electron chi connectivity index (χ2n) is 7.80. The number of nitrogens with one attached hydrogen (secondary N) is 1. The van der Waals surface area contributed by atoms with Crippen LogP contribution in [0.4, 0.5) is 11.4 Å². The largest absolute Gasteiger partial charge is 0.326 e. The molecular formula is C24H29N3O2S. The van der Waals surface area contributed by atoms with E-state index < -0.39 is 5.25 Å². The molecule has 1 fully saturated rings. The highest BCUT2D eigenvalue weighted by Gasteiger charge is 2.38. The average molecular weight is 424 g/mol. The summed E-state index contributed by atoms with van der Waals surface area (Å²) >= 11 is 1.39. The highest BCUT2D eigenvalue weighted by Crippen LogP contribution is 2.33. The molecule has 1 N–H and O–H groups in total. The molecule has 1 aliphatic rings. The SMILES string of the molecule is CCCN1C(=O)[C@H](CC(=O)Nc2c(C)cccc2C)SC1=Nc1ccc(C)cc1C. The fraction of sp³-hybridized carbons (Fsp3) is 0.375. The minimum atomic E-state index is -0.453. The summed E-state index contributed by atoms with van der Waals surface area (Å²) in [6.45, 7) is 10.6. The third kappa shape index (κ3) is 4.93. The van der Waals surface area contributed by atoms with Crippen LogP contribution in [0, 0.1) is 27.7 Å². The number of aryl methyl sites for hydroxylation is 4. The van der Waals surface area contributed by atoms with Gasteiger partial charge >= 0.3 is 0 Å². The molecule has 0 saturated carbocycles. The van der Waals surface area contributed by atoms with E-state index in [1.807, 2.05) is 65.0 Å². The van der Waals surface area contributed by atoms with Crippen LogP contribution in [0.2, 0.25) is 0 Å². The zero-order chi connectivity index (χ0) is 21.8. The third-order valence-electron chi connectivity index (χ3n) is 5.15. The Morgan fingerprint density at radius 3 is 2.43 bits per heavy atom. The lowest BCUT2D eigenvalue weighted by Crippen LogP contribution is -2.34. The zero-order valence-electron chi connectivity index (χ0n) is 18.3. The molecule has 0 aromatic heterocycles. The summed E-state index contributed by atoms with van der Waals surface area (Å²) in [5, 5.41) is 3.22. The summed E-state index contributed by atoms with van der Waals surface area (Å²) in [5.41, 5.74) is 5.96. The first-order valence-electron chi connectivity index (χ1n) is 10.3. The lowest BCUT2D eigenvalue weighted by molar-refractivity contribution is -0.128. The van der Waals surface area contributed by atoms with E-state index in [9.17, 15) is 9.59 Å². The third-order valence-corrected chi connectivity index (χ3v) is 6.33. The lowest BCUT2D eigenvalue weighted by Gasteiger charge is -2.16. The molecule has 2 amide bonds. The number of benzene rings is 2. The van der Waals surface area contributed by atoms with Gasteiger partial charge in [-0.25, -0.2) is 4.99 Å². The number of carbonyl (C=O) groups excluding carboxylic acids is 2. The molecule has 1 atom stereocenters. The van der Waals surface area contributed by atoms with E-state index in [1.165, 1.54) is 17.3 Å². The summed E-state index contributed by atoms with van der Waals surface area (Å²) in [5.74, 6) is -0.190. The number of anilines is 1. The van der Waals surface area contributed by atoms with Crippen LogP contribution in [0.3, 0.4) is 0 Å². The van der Waals surface area contributed by atoms with Gasteiger partial charge in [0.15, 0.2) is 5.17 Å². The lowest BCUT2D eigenvalue weighted by atomic mass is 10.1. The van der Waals surface area contributed by atoms with Crippen LogP contribution in [0.15, 0.2) is 41.4 Å². The smallest absolute Gasteiger partial charge is 0.242 e. The Balaban J connectivity index is 1.78. The fourth-order valence-corrected chi connectivity index (χ4v) is 4.74. The number of amidine groups is 1. The summed E-state index contributed by atoms with van der Waals surface area (Å²) in [7, 11) is 0. The van der Waals surface area contributed by atoms with Gasteiger partial charge in [0.2, 0.25) is 11.8 Å². The van der Waals surface area contributed by atoms with Crippen molar-refractivity contribution in [1.82, 2.24) is 4.90 Å². The topological polar surface area (TPSA) is 61.8 Å². The summed E-state index contributed by atoms with van der Waals surface area (Å²) in [6, 6.07) is 12.0. The number of hydrogen-bond donors (Lipinski definition) is 1. The van der Waals surface area contributed by atoms with Gasteiger partial charge in [-0.3, -0.25) is 14.5 Å². The normalized spacial score (nSPS) is 17.6. The average Bonchev–Trinajstić information content (AvgIpc) is 2.96.